The first-order valence-corrected chi connectivity index (χ1v) is 7.04. The van der Waals surface area contributed by atoms with Crippen molar-refractivity contribution in [2.24, 2.45) is 0 Å². The minimum Gasteiger partial charge on any atom is -0.357 e. The van der Waals surface area contributed by atoms with Gasteiger partial charge in [0.25, 0.3) is 5.70 Å². The summed E-state index contributed by atoms with van der Waals surface area (Å²) in [6.45, 7) is 2.16. The maximum absolute atomic E-state index is 10.9. The van der Waals surface area contributed by atoms with E-state index in [4.69, 9.17) is 0 Å². The van der Waals surface area contributed by atoms with E-state index < -0.39 is 0 Å². The molecule has 4 aliphatic rings. The molecule has 3 aliphatic heterocycles. The summed E-state index contributed by atoms with van der Waals surface area (Å²) >= 11 is 1.77. The van der Waals surface area contributed by atoms with Crippen LogP contribution in [0, 0.1) is 10.1 Å². The topological polar surface area (TPSA) is 49.4 Å². The van der Waals surface area contributed by atoms with Crippen LogP contribution in [0.25, 0.3) is 0 Å². The molecule has 94 valence electrons. The second-order valence-corrected chi connectivity index (χ2v) is 6.20. The van der Waals surface area contributed by atoms with E-state index in [0.717, 1.165) is 18.7 Å². The van der Waals surface area contributed by atoms with Crippen molar-refractivity contribution in [3.05, 3.63) is 45.4 Å². The molecule has 2 fully saturated rings. The van der Waals surface area contributed by atoms with Crippen LogP contribution in [0.15, 0.2) is 35.3 Å². The number of hydrogen-bond donors (Lipinski definition) is 0. The molecule has 0 aromatic carbocycles. The molecule has 0 bridgehead atoms. The Hall–Kier alpha value is -1.43. The Morgan fingerprint density at radius 1 is 1.33 bits per heavy atom. The Kier molecular flexibility index (Phi) is 1.93. The lowest BCUT2D eigenvalue weighted by Crippen LogP contribution is -2.43. The number of nitro groups is 1. The first kappa shape index (κ1) is 10.5. The zero-order valence-corrected chi connectivity index (χ0v) is 10.7. The molecule has 0 N–H and O–H groups in total. The van der Waals surface area contributed by atoms with Crippen molar-refractivity contribution in [3.63, 3.8) is 0 Å². The molecule has 0 aromatic heterocycles. The maximum Gasteiger partial charge on any atom is 0.269 e. The summed E-state index contributed by atoms with van der Waals surface area (Å²) < 4.78 is 2.28. The van der Waals surface area contributed by atoms with Crippen LogP contribution >= 0.6 is 11.9 Å². The van der Waals surface area contributed by atoms with Crippen LogP contribution in [-0.4, -0.2) is 32.1 Å². The summed E-state index contributed by atoms with van der Waals surface area (Å²) in [5.74, 6) is 1.21. The van der Waals surface area contributed by atoms with E-state index in [1.54, 1.807) is 24.1 Å². The highest BCUT2D eigenvalue weighted by Gasteiger charge is 2.68. The molecule has 1 unspecified atom stereocenters. The largest absolute Gasteiger partial charge is 0.357 e. The number of allylic oxidation sites excluding steroid dienone is 1. The van der Waals surface area contributed by atoms with Crippen LogP contribution in [0.1, 0.15) is 19.3 Å². The van der Waals surface area contributed by atoms with Gasteiger partial charge in [0.1, 0.15) is 5.82 Å². The molecule has 6 heteroatoms. The van der Waals surface area contributed by atoms with Gasteiger partial charge in [-0.25, -0.2) is 0 Å². The highest BCUT2D eigenvalue weighted by Crippen LogP contribution is 2.70. The van der Waals surface area contributed by atoms with E-state index in [0.29, 0.717) is 0 Å². The van der Waals surface area contributed by atoms with E-state index in [1.165, 1.54) is 25.1 Å². The van der Waals surface area contributed by atoms with Gasteiger partial charge < -0.3 is 4.90 Å². The van der Waals surface area contributed by atoms with Crippen LogP contribution in [-0.2, 0) is 0 Å². The molecule has 1 aliphatic carbocycles. The number of likely N-dealkylation sites (tertiary alicyclic amines) is 1. The third-order valence-electron chi connectivity index (χ3n) is 3.96. The third-order valence-corrected chi connectivity index (χ3v) is 5.25. The predicted octanol–water partition coefficient (Wildman–Crippen LogP) is 2.09. The fourth-order valence-corrected chi connectivity index (χ4v) is 4.12. The van der Waals surface area contributed by atoms with Gasteiger partial charge in [0, 0.05) is 30.8 Å². The lowest BCUT2D eigenvalue weighted by Gasteiger charge is -2.39. The van der Waals surface area contributed by atoms with Crippen molar-refractivity contribution >= 4 is 11.9 Å². The summed E-state index contributed by atoms with van der Waals surface area (Å²) in [6, 6.07) is 0. The van der Waals surface area contributed by atoms with Gasteiger partial charge in [-0.1, -0.05) is 0 Å². The molecule has 0 amide bonds. The van der Waals surface area contributed by atoms with Crippen molar-refractivity contribution in [1.82, 2.24) is 9.21 Å². The molecular weight excluding hydrogens is 250 g/mol. The predicted molar refractivity (Wildman–Crippen MR) is 68.8 cm³/mol. The second-order valence-electron chi connectivity index (χ2n) is 5.03. The van der Waals surface area contributed by atoms with Gasteiger partial charge in [-0.05, 0) is 37.3 Å². The van der Waals surface area contributed by atoms with Crippen molar-refractivity contribution in [3.8, 4) is 0 Å². The zero-order chi connectivity index (χ0) is 12.3. The molecule has 0 radical (unpaired) electrons. The Bertz CT molecular complexity index is 533. The minimum atomic E-state index is -0.306. The Morgan fingerprint density at radius 2 is 2.11 bits per heavy atom. The molecular formula is C12H13N3O2S. The van der Waals surface area contributed by atoms with Gasteiger partial charge in [-0.3, -0.25) is 14.4 Å². The number of nitrogens with zero attached hydrogens (tertiary/aromatic N) is 3. The minimum absolute atomic E-state index is 0.0493. The average molecular weight is 263 g/mol. The van der Waals surface area contributed by atoms with Gasteiger partial charge in [-0.15, -0.1) is 0 Å². The maximum atomic E-state index is 10.9. The van der Waals surface area contributed by atoms with E-state index in [1.807, 2.05) is 6.08 Å². The number of piperidine rings is 1. The molecule has 0 aromatic rings. The molecule has 18 heavy (non-hydrogen) atoms. The Labute approximate surface area is 109 Å². The third kappa shape index (κ3) is 1.19. The van der Waals surface area contributed by atoms with Gasteiger partial charge in [0.2, 0.25) is 0 Å². The molecule has 1 spiro atoms. The molecule has 1 atom stereocenters. The van der Waals surface area contributed by atoms with E-state index in [-0.39, 0.29) is 15.5 Å². The summed E-state index contributed by atoms with van der Waals surface area (Å²) in [5, 5.41) is 10.9. The summed E-state index contributed by atoms with van der Waals surface area (Å²) in [5.41, 5.74) is 1.33. The van der Waals surface area contributed by atoms with Crippen molar-refractivity contribution in [1.29, 1.82) is 0 Å². The lowest BCUT2D eigenvalue weighted by atomic mass is 9.92. The number of hydrogen-bond acceptors (Lipinski definition) is 5. The quantitative estimate of drug-likeness (QED) is 0.330. The van der Waals surface area contributed by atoms with Crippen LogP contribution in [0.3, 0.4) is 0 Å². The van der Waals surface area contributed by atoms with Gasteiger partial charge in [0.15, 0.2) is 4.87 Å². The van der Waals surface area contributed by atoms with Gasteiger partial charge >= 0.3 is 0 Å². The van der Waals surface area contributed by atoms with Gasteiger partial charge in [0.05, 0.1) is 4.92 Å². The highest BCUT2D eigenvalue weighted by atomic mass is 32.2. The summed E-state index contributed by atoms with van der Waals surface area (Å²) in [7, 11) is 0. The molecule has 4 rings (SSSR count). The van der Waals surface area contributed by atoms with Crippen LogP contribution in [0.2, 0.25) is 0 Å². The fraction of sp³-hybridized carbons (Fsp3) is 0.500. The molecule has 5 nitrogen and oxygen atoms in total. The standard InChI is InChI=1S/C12H13N3O2S/c16-15(17)9-4-5-12-10(8-9)11(14(12)18-12)13-6-2-1-3-7-13/h4-5,8H,1-3,6-7H2. The second kappa shape index (κ2) is 3.32. The van der Waals surface area contributed by atoms with Gasteiger partial charge in [-0.2, -0.15) is 0 Å². The van der Waals surface area contributed by atoms with Crippen molar-refractivity contribution < 1.29 is 4.92 Å². The van der Waals surface area contributed by atoms with E-state index in [9.17, 15) is 10.1 Å². The normalized spacial score (nSPS) is 32.6. The lowest BCUT2D eigenvalue weighted by molar-refractivity contribution is -0.419. The molecule has 2 saturated heterocycles. The van der Waals surface area contributed by atoms with Crippen LogP contribution < -0.4 is 0 Å². The summed E-state index contributed by atoms with van der Waals surface area (Å²) in [6.07, 6.45) is 9.09. The van der Waals surface area contributed by atoms with E-state index >= 15 is 0 Å². The number of rotatable bonds is 2. The first-order valence-electron chi connectivity index (χ1n) is 6.27. The van der Waals surface area contributed by atoms with E-state index in [2.05, 4.69) is 9.21 Å². The highest BCUT2D eigenvalue weighted by molar-refractivity contribution is 8.05. The Balaban J connectivity index is 1.70. The molecule has 3 heterocycles. The smallest absolute Gasteiger partial charge is 0.269 e. The first-order chi connectivity index (χ1) is 8.72. The molecule has 0 saturated carbocycles. The fourth-order valence-electron chi connectivity index (χ4n) is 2.96. The average Bonchev–Trinajstić information content (AvgIpc) is 2.97. The summed E-state index contributed by atoms with van der Waals surface area (Å²) in [4.78, 5) is 12.9. The van der Waals surface area contributed by atoms with Crippen molar-refractivity contribution in [2.75, 3.05) is 13.1 Å². The van der Waals surface area contributed by atoms with Crippen LogP contribution in [0.5, 0.6) is 0 Å². The van der Waals surface area contributed by atoms with Crippen molar-refractivity contribution in [2.45, 2.75) is 24.1 Å². The SMILES string of the molecule is O=[N+]([O-])C1=CC2=C(N3CCCCC3)N3SC23C=C1. The monoisotopic (exact) mass is 263 g/mol. The Morgan fingerprint density at radius 3 is 2.83 bits per heavy atom. The zero-order valence-electron chi connectivity index (χ0n) is 9.83. The van der Waals surface area contributed by atoms with Crippen LogP contribution in [0.4, 0.5) is 0 Å².